The van der Waals surface area contributed by atoms with E-state index >= 15 is 0 Å². The summed E-state index contributed by atoms with van der Waals surface area (Å²) in [4.78, 5) is 12.7. The van der Waals surface area contributed by atoms with Gasteiger partial charge in [-0.2, -0.15) is 0 Å². The topological polar surface area (TPSA) is 88.6 Å². The highest BCUT2D eigenvalue weighted by atomic mass is 16.5. The summed E-state index contributed by atoms with van der Waals surface area (Å²) in [5.41, 5.74) is 0.912. The summed E-state index contributed by atoms with van der Waals surface area (Å²) in [6.07, 6.45) is 4.85. The van der Waals surface area contributed by atoms with E-state index in [-0.39, 0.29) is 35.1 Å². The molecule has 0 bridgehead atoms. The van der Waals surface area contributed by atoms with Crippen molar-refractivity contribution in [3.63, 3.8) is 0 Å². The maximum Gasteiger partial charge on any atom is 0.252 e. The Kier molecular flexibility index (Phi) is 5.18. The molecule has 30 heavy (non-hydrogen) atoms. The number of ether oxygens (including phenoxy) is 2. The van der Waals surface area contributed by atoms with Gasteiger partial charge in [-0.3, -0.25) is 20.7 Å². The summed E-state index contributed by atoms with van der Waals surface area (Å²) in [5.74, 6) is 0.457. The van der Waals surface area contributed by atoms with E-state index in [4.69, 9.17) is 9.47 Å². The highest BCUT2D eigenvalue weighted by Gasteiger charge is 2.57. The average Bonchev–Trinajstić information content (AvgIpc) is 2.99. The predicted octanol–water partition coefficient (Wildman–Crippen LogP) is 1.21. The van der Waals surface area contributed by atoms with Gasteiger partial charge in [0.15, 0.2) is 0 Å². The van der Waals surface area contributed by atoms with E-state index in [1.807, 2.05) is 16.8 Å². The third-order valence-corrected chi connectivity index (χ3v) is 7.63. The van der Waals surface area contributed by atoms with Crippen molar-refractivity contribution in [2.24, 2.45) is 11.3 Å². The van der Waals surface area contributed by atoms with Gasteiger partial charge < -0.3 is 19.4 Å². The molecular formula is C22H35N5O3. The Balaban J connectivity index is 1.24. The molecule has 3 unspecified atom stereocenters. The number of nitrogens with one attached hydrogen (secondary N) is 4. The highest BCUT2D eigenvalue weighted by Crippen LogP contribution is 2.47. The maximum absolute atomic E-state index is 12.7. The molecule has 4 aliphatic heterocycles. The maximum atomic E-state index is 12.7. The van der Waals surface area contributed by atoms with Crippen molar-refractivity contribution >= 4 is 5.69 Å². The van der Waals surface area contributed by atoms with Crippen molar-refractivity contribution in [2.45, 2.75) is 70.2 Å². The number of anilines is 1. The molecule has 5 rings (SSSR count). The summed E-state index contributed by atoms with van der Waals surface area (Å²) in [6, 6.07) is 4.37. The van der Waals surface area contributed by atoms with Crippen LogP contribution in [0.15, 0.2) is 23.1 Å². The number of aromatic nitrogens is 1. The molecule has 0 spiro atoms. The fourth-order valence-electron chi connectivity index (χ4n) is 5.67. The van der Waals surface area contributed by atoms with Crippen LogP contribution < -0.4 is 26.8 Å². The van der Waals surface area contributed by atoms with Gasteiger partial charge in [-0.05, 0) is 39.2 Å². The Labute approximate surface area is 178 Å². The standard InChI is InChI=1S/C22H35N5O3/c1-21(2)11-17-22(3,13-30-21)16-12-23-20(26-19(16)25-17)24-14-4-7-27(18(28)10-14)15-5-8-29-9-6-15/h4,7,10,15-17,19-20,23-26H,5-6,8-9,11-13H2,1-3H3/t16?,17-,19?,20?,22-/m1/s1. The molecule has 0 aliphatic carbocycles. The molecule has 1 aromatic heterocycles. The van der Waals surface area contributed by atoms with E-state index in [0.29, 0.717) is 12.0 Å². The minimum absolute atomic E-state index is 0.0393. The monoisotopic (exact) mass is 417 g/mol. The molecule has 4 aliphatic rings. The van der Waals surface area contributed by atoms with Gasteiger partial charge in [0.2, 0.25) is 0 Å². The van der Waals surface area contributed by atoms with Crippen LogP contribution in [0.1, 0.15) is 46.1 Å². The van der Waals surface area contributed by atoms with E-state index in [2.05, 4.69) is 42.0 Å². The Morgan fingerprint density at radius 3 is 2.77 bits per heavy atom. The van der Waals surface area contributed by atoms with Crippen molar-refractivity contribution in [3.8, 4) is 0 Å². The summed E-state index contributed by atoms with van der Waals surface area (Å²) < 4.78 is 13.4. The molecule has 0 radical (unpaired) electrons. The Bertz CT molecular complexity index is 836. The van der Waals surface area contributed by atoms with E-state index in [0.717, 1.165) is 51.3 Å². The Morgan fingerprint density at radius 1 is 1.20 bits per heavy atom. The lowest BCUT2D eigenvalue weighted by atomic mass is 9.69. The van der Waals surface area contributed by atoms with E-state index in [1.165, 1.54) is 0 Å². The molecule has 8 heteroatoms. The molecule has 0 amide bonds. The van der Waals surface area contributed by atoms with Crippen LogP contribution in [-0.4, -0.2) is 55.0 Å². The summed E-state index contributed by atoms with van der Waals surface area (Å²) in [7, 11) is 0. The van der Waals surface area contributed by atoms with Gasteiger partial charge in [-0.1, -0.05) is 6.92 Å². The lowest BCUT2D eigenvalue weighted by Gasteiger charge is -2.47. The smallest absolute Gasteiger partial charge is 0.252 e. The first-order valence-electron chi connectivity index (χ1n) is 11.3. The third kappa shape index (κ3) is 3.69. The van der Waals surface area contributed by atoms with Crippen LogP contribution in [0, 0.1) is 11.3 Å². The second-order valence-corrected chi connectivity index (χ2v) is 10.2. The Hall–Kier alpha value is -1.45. The molecule has 5 heterocycles. The first-order valence-corrected chi connectivity index (χ1v) is 11.3. The lowest BCUT2D eigenvalue weighted by molar-refractivity contribution is -0.125. The van der Waals surface area contributed by atoms with E-state index < -0.39 is 0 Å². The summed E-state index contributed by atoms with van der Waals surface area (Å²) >= 11 is 0. The number of pyridine rings is 1. The van der Waals surface area contributed by atoms with E-state index in [9.17, 15) is 4.79 Å². The molecule has 4 fully saturated rings. The van der Waals surface area contributed by atoms with Crippen LogP contribution in [0.4, 0.5) is 5.69 Å². The van der Waals surface area contributed by atoms with Gasteiger partial charge in [0.05, 0.1) is 18.4 Å². The van der Waals surface area contributed by atoms with Gasteiger partial charge >= 0.3 is 0 Å². The van der Waals surface area contributed by atoms with Crippen LogP contribution in [0.3, 0.4) is 0 Å². The van der Waals surface area contributed by atoms with Gasteiger partial charge in [0.25, 0.3) is 5.56 Å². The first kappa shape index (κ1) is 20.5. The van der Waals surface area contributed by atoms with Crippen molar-refractivity contribution < 1.29 is 9.47 Å². The van der Waals surface area contributed by atoms with Crippen molar-refractivity contribution in [2.75, 3.05) is 31.7 Å². The van der Waals surface area contributed by atoms with Crippen LogP contribution in [-0.2, 0) is 9.47 Å². The average molecular weight is 418 g/mol. The predicted molar refractivity (Wildman–Crippen MR) is 115 cm³/mol. The van der Waals surface area contributed by atoms with Crippen LogP contribution in [0.25, 0.3) is 0 Å². The molecule has 0 aromatic carbocycles. The fraction of sp³-hybridized carbons (Fsp3) is 0.773. The fourth-order valence-corrected chi connectivity index (χ4v) is 5.67. The SMILES string of the molecule is CC1(C)C[C@H]2NC3NC(Nc4ccn(C5CCOCC5)c(=O)c4)NCC3[C@@]2(C)CO1. The number of hydrogen-bond acceptors (Lipinski definition) is 7. The molecule has 5 atom stereocenters. The normalized spacial score (nSPS) is 38.6. The number of fused-ring (bicyclic) bond motifs is 3. The molecule has 1 aromatic rings. The first-order chi connectivity index (χ1) is 14.3. The summed E-state index contributed by atoms with van der Waals surface area (Å²) in [6.45, 7) is 9.83. The molecule has 0 saturated carbocycles. The second kappa shape index (κ2) is 7.60. The van der Waals surface area contributed by atoms with E-state index in [1.54, 1.807) is 6.07 Å². The Morgan fingerprint density at radius 2 is 2.00 bits per heavy atom. The number of hydrogen-bond donors (Lipinski definition) is 4. The minimum atomic E-state index is -0.0882. The highest BCUT2D eigenvalue weighted by molar-refractivity contribution is 5.42. The molecule has 166 valence electrons. The van der Waals surface area contributed by atoms with Crippen molar-refractivity contribution in [1.29, 1.82) is 0 Å². The zero-order chi connectivity index (χ0) is 20.9. The zero-order valence-corrected chi connectivity index (χ0v) is 18.2. The third-order valence-electron chi connectivity index (χ3n) is 7.63. The summed E-state index contributed by atoms with van der Waals surface area (Å²) in [5, 5.41) is 14.5. The van der Waals surface area contributed by atoms with Gasteiger partial charge in [0, 0.05) is 61.1 Å². The lowest BCUT2D eigenvalue weighted by Crippen LogP contribution is -2.64. The van der Waals surface area contributed by atoms with Crippen LogP contribution >= 0.6 is 0 Å². The zero-order valence-electron chi connectivity index (χ0n) is 18.2. The number of rotatable bonds is 3. The molecule has 8 nitrogen and oxygen atoms in total. The van der Waals surface area contributed by atoms with Crippen molar-refractivity contribution in [1.82, 2.24) is 20.5 Å². The largest absolute Gasteiger partial charge is 0.381 e. The van der Waals surface area contributed by atoms with Gasteiger partial charge in [0.1, 0.15) is 6.29 Å². The number of nitrogens with zero attached hydrogens (tertiary/aromatic N) is 1. The molecule has 4 N–H and O–H groups in total. The minimum Gasteiger partial charge on any atom is -0.381 e. The molecule has 4 saturated heterocycles. The van der Waals surface area contributed by atoms with Crippen LogP contribution in [0.5, 0.6) is 0 Å². The van der Waals surface area contributed by atoms with Crippen molar-refractivity contribution in [3.05, 3.63) is 28.7 Å². The van der Waals surface area contributed by atoms with Gasteiger partial charge in [-0.25, -0.2) is 0 Å². The second-order valence-electron chi connectivity index (χ2n) is 10.2. The van der Waals surface area contributed by atoms with Crippen LogP contribution in [0.2, 0.25) is 0 Å². The van der Waals surface area contributed by atoms with Gasteiger partial charge in [-0.15, -0.1) is 0 Å². The molecular weight excluding hydrogens is 382 g/mol. The quantitative estimate of drug-likeness (QED) is 0.588.